The second-order valence-corrected chi connectivity index (χ2v) is 5.11. The van der Waals surface area contributed by atoms with E-state index < -0.39 is 5.92 Å². The van der Waals surface area contributed by atoms with Gasteiger partial charge in [-0.3, -0.25) is 9.59 Å². The summed E-state index contributed by atoms with van der Waals surface area (Å²) in [5.74, 6) is -0.478. The van der Waals surface area contributed by atoms with Crippen molar-refractivity contribution >= 4 is 11.6 Å². The van der Waals surface area contributed by atoms with Gasteiger partial charge in [0.15, 0.2) is 11.6 Å². The van der Waals surface area contributed by atoms with Crippen molar-refractivity contribution in [2.24, 2.45) is 5.92 Å². The zero-order valence-electron chi connectivity index (χ0n) is 11.2. The van der Waals surface area contributed by atoms with Crippen LogP contribution in [0.1, 0.15) is 37.8 Å². The highest BCUT2D eigenvalue weighted by atomic mass is 19.1. The summed E-state index contributed by atoms with van der Waals surface area (Å²) in [5.41, 5.74) is 1.49. The fourth-order valence-corrected chi connectivity index (χ4v) is 2.75. The Morgan fingerprint density at radius 3 is 2.70 bits per heavy atom. The summed E-state index contributed by atoms with van der Waals surface area (Å²) in [5, 5.41) is 0. The van der Waals surface area contributed by atoms with Crippen molar-refractivity contribution in [1.82, 2.24) is 0 Å². The smallest absolute Gasteiger partial charge is 0.177 e. The topological polar surface area (TPSA) is 47.3 Å². The van der Waals surface area contributed by atoms with E-state index in [1.54, 1.807) is 19.9 Å². The number of fused-ring (bicyclic) bond motifs is 1. The predicted molar refractivity (Wildman–Crippen MR) is 70.4 cm³/mol. The third kappa shape index (κ3) is 1.88. The summed E-state index contributed by atoms with van der Waals surface area (Å²) >= 11 is 0. The number of halogens is 1. The molecule has 1 aliphatic rings. The Bertz CT molecular complexity index is 727. The largest absolute Gasteiger partial charge is 0.466 e. The van der Waals surface area contributed by atoms with Crippen molar-refractivity contribution in [3.8, 4) is 0 Å². The lowest BCUT2D eigenvalue weighted by atomic mass is 9.94. The molecule has 1 aliphatic carbocycles. The zero-order valence-corrected chi connectivity index (χ0v) is 11.2. The Hall–Kier alpha value is -2.23. The number of carbonyl (C=O) groups is 2. The van der Waals surface area contributed by atoms with Gasteiger partial charge in [0.05, 0.1) is 11.5 Å². The number of ketones is 2. The molecule has 4 heteroatoms. The summed E-state index contributed by atoms with van der Waals surface area (Å²) in [6, 6.07) is 5.67. The average Bonchev–Trinajstić information content (AvgIpc) is 2.89. The van der Waals surface area contributed by atoms with E-state index in [0.717, 1.165) is 0 Å². The number of hydrogen-bond acceptors (Lipinski definition) is 3. The van der Waals surface area contributed by atoms with Crippen molar-refractivity contribution in [3.63, 3.8) is 0 Å². The summed E-state index contributed by atoms with van der Waals surface area (Å²) in [7, 11) is 0. The number of hydrogen-bond donors (Lipinski definition) is 0. The molecule has 2 aromatic rings. The molecule has 102 valence electrons. The van der Waals surface area contributed by atoms with Gasteiger partial charge in [0, 0.05) is 5.56 Å². The second kappa shape index (κ2) is 4.40. The summed E-state index contributed by atoms with van der Waals surface area (Å²) in [4.78, 5) is 24.7. The van der Waals surface area contributed by atoms with Crippen molar-refractivity contribution in [2.45, 2.75) is 20.3 Å². The highest BCUT2D eigenvalue weighted by Gasteiger charge is 2.37. The summed E-state index contributed by atoms with van der Waals surface area (Å²) in [6.45, 7) is 3.46. The lowest BCUT2D eigenvalue weighted by Crippen LogP contribution is -2.21. The summed E-state index contributed by atoms with van der Waals surface area (Å²) < 4.78 is 18.5. The molecule has 1 aromatic heterocycles. The number of Topliss-reactive ketones (excluding diaryl/α,β-unsaturated/α-hetero) is 2. The standard InChI is InChI=1S/C16H13FO3/c1-8-5-13(9(2)20-8)16(19)14-7-10-6-11(17)3-4-12(10)15(14)18/h3-6,14H,7H2,1-2H3. The van der Waals surface area contributed by atoms with Crippen LogP contribution in [0.4, 0.5) is 4.39 Å². The molecule has 1 heterocycles. The van der Waals surface area contributed by atoms with Crippen LogP contribution >= 0.6 is 0 Å². The first-order valence-corrected chi connectivity index (χ1v) is 6.41. The molecule has 0 fully saturated rings. The van der Waals surface area contributed by atoms with Gasteiger partial charge in [-0.2, -0.15) is 0 Å². The number of aryl methyl sites for hydroxylation is 2. The van der Waals surface area contributed by atoms with Gasteiger partial charge in [-0.1, -0.05) is 0 Å². The Balaban J connectivity index is 1.96. The molecule has 0 N–H and O–H groups in total. The molecule has 0 bridgehead atoms. The first kappa shape index (κ1) is 12.8. The van der Waals surface area contributed by atoms with Crippen LogP contribution in [-0.2, 0) is 6.42 Å². The van der Waals surface area contributed by atoms with Gasteiger partial charge in [0.1, 0.15) is 17.3 Å². The van der Waals surface area contributed by atoms with Gasteiger partial charge in [0.25, 0.3) is 0 Å². The van der Waals surface area contributed by atoms with Gasteiger partial charge >= 0.3 is 0 Å². The summed E-state index contributed by atoms with van der Waals surface area (Å²) in [6.07, 6.45) is 0.258. The maximum absolute atomic E-state index is 13.2. The van der Waals surface area contributed by atoms with E-state index in [9.17, 15) is 14.0 Å². The molecule has 1 atom stereocenters. The highest BCUT2D eigenvalue weighted by molar-refractivity contribution is 6.19. The molecule has 0 saturated heterocycles. The predicted octanol–water partition coefficient (Wildman–Crippen LogP) is 3.27. The SMILES string of the molecule is Cc1cc(C(=O)C2Cc3cc(F)ccc3C2=O)c(C)o1. The Kier molecular flexibility index (Phi) is 2.82. The monoisotopic (exact) mass is 272 g/mol. The molecule has 3 rings (SSSR count). The third-order valence-corrected chi connectivity index (χ3v) is 3.70. The van der Waals surface area contributed by atoms with Gasteiger partial charge in [0.2, 0.25) is 0 Å². The number of furan rings is 1. The van der Waals surface area contributed by atoms with Crippen LogP contribution in [0.5, 0.6) is 0 Å². The van der Waals surface area contributed by atoms with Crippen LogP contribution in [0.2, 0.25) is 0 Å². The van der Waals surface area contributed by atoms with E-state index in [-0.39, 0.29) is 23.8 Å². The van der Waals surface area contributed by atoms with E-state index in [4.69, 9.17) is 4.42 Å². The Morgan fingerprint density at radius 1 is 1.30 bits per heavy atom. The van der Waals surface area contributed by atoms with Crippen molar-refractivity contribution in [1.29, 1.82) is 0 Å². The molecule has 3 nitrogen and oxygen atoms in total. The van der Waals surface area contributed by atoms with Crippen molar-refractivity contribution in [3.05, 3.63) is 58.3 Å². The maximum atomic E-state index is 13.2. The Labute approximate surface area is 115 Å². The minimum absolute atomic E-state index is 0.233. The molecule has 0 aliphatic heterocycles. The fourth-order valence-electron chi connectivity index (χ4n) is 2.75. The minimum Gasteiger partial charge on any atom is -0.466 e. The van der Waals surface area contributed by atoms with Crippen LogP contribution in [0, 0.1) is 25.6 Å². The molecule has 20 heavy (non-hydrogen) atoms. The van der Waals surface area contributed by atoms with Crippen LogP contribution in [0.15, 0.2) is 28.7 Å². The Morgan fingerprint density at radius 2 is 2.05 bits per heavy atom. The van der Waals surface area contributed by atoms with Crippen LogP contribution < -0.4 is 0 Å². The van der Waals surface area contributed by atoms with E-state index in [2.05, 4.69) is 0 Å². The van der Waals surface area contributed by atoms with Crippen LogP contribution in [0.25, 0.3) is 0 Å². The van der Waals surface area contributed by atoms with Gasteiger partial charge in [-0.15, -0.1) is 0 Å². The molecule has 0 radical (unpaired) electrons. The first-order chi connectivity index (χ1) is 9.47. The van der Waals surface area contributed by atoms with E-state index in [1.807, 2.05) is 0 Å². The maximum Gasteiger partial charge on any atom is 0.177 e. The molecule has 1 unspecified atom stereocenters. The van der Waals surface area contributed by atoms with Crippen molar-refractivity contribution in [2.75, 3.05) is 0 Å². The number of benzene rings is 1. The van der Waals surface area contributed by atoms with Crippen LogP contribution in [-0.4, -0.2) is 11.6 Å². The second-order valence-electron chi connectivity index (χ2n) is 5.11. The quantitative estimate of drug-likeness (QED) is 0.622. The van der Waals surface area contributed by atoms with Crippen LogP contribution in [0.3, 0.4) is 0 Å². The lowest BCUT2D eigenvalue weighted by Gasteiger charge is -2.05. The fraction of sp³-hybridized carbons (Fsp3) is 0.250. The third-order valence-electron chi connectivity index (χ3n) is 3.70. The van der Waals surface area contributed by atoms with E-state index >= 15 is 0 Å². The lowest BCUT2D eigenvalue weighted by molar-refractivity contribution is 0.0821. The number of rotatable bonds is 2. The molecule has 1 aromatic carbocycles. The normalized spacial score (nSPS) is 17.4. The molecular weight excluding hydrogens is 259 g/mol. The number of carbonyl (C=O) groups excluding carboxylic acids is 2. The molecule has 0 spiro atoms. The molecular formula is C16H13FO3. The first-order valence-electron chi connectivity index (χ1n) is 6.41. The highest BCUT2D eigenvalue weighted by Crippen LogP contribution is 2.31. The molecule has 0 amide bonds. The van der Waals surface area contributed by atoms with Gasteiger partial charge in [-0.05, 0) is 50.1 Å². The van der Waals surface area contributed by atoms with E-state index in [0.29, 0.717) is 28.2 Å². The molecule has 0 saturated carbocycles. The van der Waals surface area contributed by atoms with Crippen molar-refractivity contribution < 1.29 is 18.4 Å². The zero-order chi connectivity index (χ0) is 14.4. The van der Waals surface area contributed by atoms with Gasteiger partial charge in [-0.25, -0.2) is 4.39 Å². The minimum atomic E-state index is -0.762. The van der Waals surface area contributed by atoms with Gasteiger partial charge < -0.3 is 4.42 Å². The average molecular weight is 272 g/mol. The van der Waals surface area contributed by atoms with E-state index in [1.165, 1.54) is 18.2 Å².